The lowest BCUT2D eigenvalue weighted by molar-refractivity contribution is 0.0973. The molecule has 17 heavy (non-hydrogen) atoms. The minimum Gasteiger partial charge on any atom is -0.434 e. The van der Waals surface area contributed by atoms with Gasteiger partial charge in [0.2, 0.25) is 0 Å². The third kappa shape index (κ3) is 5.95. The molecule has 0 aliphatic rings. The molecule has 0 N–H and O–H groups in total. The Labute approximate surface area is 103 Å². The van der Waals surface area contributed by atoms with Crippen LogP contribution in [0.1, 0.15) is 38.2 Å². The maximum atomic E-state index is 11.3. The summed E-state index contributed by atoms with van der Waals surface area (Å²) in [4.78, 5) is 11.3. The Bertz CT molecular complexity index is 330. The summed E-state index contributed by atoms with van der Waals surface area (Å²) >= 11 is 0. The van der Waals surface area contributed by atoms with Gasteiger partial charge in [-0.3, -0.25) is 0 Å². The Morgan fingerprint density at radius 2 is 1.82 bits per heavy atom. The average Bonchev–Trinajstić information content (AvgIpc) is 2.32. The molecule has 0 spiro atoms. The van der Waals surface area contributed by atoms with Crippen LogP contribution in [0.2, 0.25) is 0 Å². The smallest absolute Gasteiger partial charge is 0.434 e. The Hall–Kier alpha value is -1.51. The van der Waals surface area contributed by atoms with Gasteiger partial charge in [0.1, 0.15) is 5.75 Å². The maximum absolute atomic E-state index is 11.3. The van der Waals surface area contributed by atoms with Gasteiger partial charge >= 0.3 is 6.16 Å². The van der Waals surface area contributed by atoms with Crippen molar-refractivity contribution in [3.8, 4) is 5.75 Å². The van der Waals surface area contributed by atoms with Crippen molar-refractivity contribution < 1.29 is 14.3 Å². The molecular formula is C14H20O3. The predicted octanol–water partition coefficient (Wildman–Crippen LogP) is 4.09. The van der Waals surface area contributed by atoms with Gasteiger partial charge in [-0.1, -0.05) is 43.9 Å². The molecule has 0 bridgehead atoms. The second-order valence-electron chi connectivity index (χ2n) is 4.07. The minimum atomic E-state index is -0.620. The van der Waals surface area contributed by atoms with Gasteiger partial charge in [-0.15, -0.1) is 0 Å². The summed E-state index contributed by atoms with van der Waals surface area (Å²) in [6.07, 6.45) is 3.72. The summed E-state index contributed by atoms with van der Waals surface area (Å²) in [6, 6.07) is 7.30. The Morgan fingerprint density at radius 3 is 2.47 bits per heavy atom. The van der Waals surface area contributed by atoms with Gasteiger partial charge in [-0.2, -0.15) is 0 Å². The lowest BCUT2D eigenvalue weighted by Gasteiger charge is -2.05. The largest absolute Gasteiger partial charge is 0.513 e. The molecular weight excluding hydrogens is 216 g/mol. The van der Waals surface area contributed by atoms with E-state index in [0.717, 1.165) is 18.4 Å². The molecule has 3 nitrogen and oxygen atoms in total. The third-order valence-corrected chi connectivity index (χ3v) is 2.44. The monoisotopic (exact) mass is 236 g/mol. The van der Waals surface area contributed by atoms with Crippen LogP contribution in [0.15, 0.2) is 24.3 Å². The lowest BCUT2D eigenvalue weighted by atomic mass is 10.2. The first kappa shape index (κ1) is 13.6. The quantitative estimate of drug-likeness (QED) is 0.424. The third-order valence-electron chi connectivity index (χ3n) is 2.44. The van der Waals surface area contributed by atoms with E-state index in [-0.39, 0.29) is 0 Å². The highest BCUT2D eigenvalue weighted by Gasteiger charge is 2.04. The van der Waals surface area contributed by atoms with E-state index in [2.05, 4.69) is 6.92 Å². The first-order valence-corrected chi connectivity index (χ1v) is 6.13. The van der Waals surface area contributed by atoms with E-state index in [0.29, 0.717) is 12.4 Å². The fourth-order valence-corrected chi connectivity index (χ4v) is 1.42. The first-order valence-electron chi connectivity index (χ1n) is 6.13. The Kier molecular flexibility index (Phi) is 6.15. The van der Waals surface area contributed by atoms with Crippen LogP contribution < -0.4 is 4.74 Å². The summed E-state index contributed by atoms with van der Waals surface area (Å²) in [5, 5.41) is 0. The molecule has 1 rings (SSSR count). The molecule has 0 fully saturated rings. The fraction of sp³-hybridized carbons (Fsp3) is 0.500. The van der Waals surface area contributed by atoms with E-state index in [1.165, 1.54) is 12.8 Å². The zero-order valence-electron chi connectivity index (χ0n) is 10.6. The highest BCUT2D eigenvalue weighted by Crippen LogP contribution is 2.12. The predicted molar refractivity (Wildman–Crippen MR) is 67.3 cm³/mol. The number of aryl methyl sites for hydroxylation is 1. The Balaban J connectivity index is 2.18. The molecule has 0 aliphatic carbocycles. The van der Waals surface area contributed by atoms with Crippen LogP contribution in [0.4, 0.5) is 4.79 Å². The minimum absolute atomic E-state index is 0.435. The molecule has 3 heteroatoms. The molecule has 94 valence electrons. The SMILES string of the molecule is CCCCCCOC(=O)Oc1ccc(C)cc1. The molecule has 0 aliphatic heterocycles. The molecule has 0 radical (unpaired) electrons. The van der Waals surface area contributed by atoms with Crippen molar-refractivity contribution in [2.75, 3.05) is 6.61 Å². The summed E-state index contributed by atoms with van der Waals surface area (Å²) in [5.41, 5.74) is 1.13. The summed E-state index contributed by atoms with van der Waals surface area (Å²) in [5.74, 6) is 0.522. The molecule has 1 aromatic rings. The topological polar surface area (TPSA) is 35.5 Å². The number of hydrogen-bond acceptors (Lipinski definition) is 3. The van der Waals surface area contributed by atoms with E-state index in [9.17, 15) is 4.79 Å². The standard InChI is InChI=1S/C14H20O3/c1-3-4-5-6-11-16-14(15)17-13-9-7-12(2)8-10-13/h7-10H,3-6,11H2,1-2H3. The van der Waals surface area contributed by atoms with Crippen LogP contribution in [0.25, 0.3) is 0 Å². The molecule has 0 heterocycles. The number of ether oxygens (including phenoxy) is 2. The Morgan fingerprint density at radius 1 is 1.12 bits per heavy atom. The molecule has 0 amide bonds. The molecule has 0 atom stereocenters. The van der Waals surface area contributed by atoms with Gasteiger partial charge in [0.15, 0.2) is 0 Å². The summed E-state index contributed by atoms with van der Waals surface area (Å²) < 4.78 is 9.98. The van der Waals surface area contributed by atoms with Gasteiger partial charge in [-0.05, 0) is 25.5 Å². The number of hydrogen-bond donors (Lipinski definition) is 0. The second-order valence-corrected chi connectivity index (χ2v) is 4.07. The van der Waals surface area contributed by atoms with Crippen LogP contribution in [0, 0.1) is 6.92 Å². The van der Waals surface area contributed by atoms with E-state index < -0.39 is 6.16 Å². The van der Waals surface area contributed by atoms with Gasteiger partial charge in [0.05, 0.1) is 6.61 Å². The maximum Gasteiger partial charge on any atom is 0.513 e. The normalized spacial score (nSPS) is 10.0. The first-order chi connectivity index (χ1) is 8.22. The van der Waals surface area contributed by atoms with Gasteiger partial charge in [0, 0.05) is 0 Å². The van der Waals surface area contributed by atoms with Crippen LogP contribution in [-0.4, -0.2) is 12.8 Å². The highest BCUT2D eigenvalue weighted by atomic mass is 16.7. The summed E-state index contributed by atoms with van der Waals surface area (Å²) in [6.45, 7) is 4.56. The van der Waals surface area contributed by atoms with Gasteiger partial charge in [-0.25, -0.2) is 4.79 Å². The number of benzene rings is 1. The van der Waals surface area contributed by atoms with E-state index in [4.69, 9.17) is 9.47 Å². The van der Waals surface area contributed by atoms with Crippen LogP contribution >= 0.6 is 0 Å². The van der Waals surface area contributed by atoms with Crippen LogP contribution in [0.3, 0.4) is 0 Å². The van der Waals surface area contributed by atoms with Crippen molar-refractivity contribution in [2.24, 2.45) is 0 Å². The second kappa shape index (κ2) is 7.71. The molecule has 1 aromatic carbocycles. The zero-order valence-corrected chi connectivity index (χ0v) is 10.6. The highest BCUT2D eigenvalue weighted by molar-refractivity contribution is 5.63. The average molecular weight is 236 g/mol. The van der Waals surface area contributed by atoms with Gasteiger partial charge < -0.3 is 9.47 Å². The lowest BCUT2D eigenvalue weighted by Crippen LogP contribution is -2.11. The molecule has 0 aromatic heterocycles. The van der Waals surface area contributed by atoms with Crippen molar-refractivity contribution >= 4 is 6.16 Å². The number of rotatable bonds is 6. The number of carbonyl (C=O) groups is 1. The van der Waals surface area contributed by atoms with E-state index >= 15 is 0 Å². The fourth-order valence-electron chi connectivity index (χ4n) is 1.42. The van der Waals surface area contributed by atoms with Crippen LogP contribution in [0.5, 0.6) is 5.75 Å². The molecule has 0 saturated carbocycles. The van der Waals surface area contributed by atoms with Crippen LogP contribution in [-0.2, 0) is 4.74 Å². The van der Waals surface area contributed by atoms with Crippen molar-refractivity contribution in [2.45, 2.75) is 39.5 Å². The van der Waals surface area contributed by atoms with Gasteiger partial charge in [0.25, 0.3) is 0 Å². The van der Waals surface area contributed by atoms with Crippen molar-refractivity contribution in [1.82, 2.24) is 0 Å². The number of carbonyl (C=O) groups excluding carboxylic acids is 1. The molecule has 0 saturated heterocycles. The number of unbranched alkanes of at least 4 members (excludes halogenated alkanes) is 3. The molecule has 0 unspecified atom stereocenters. The summed E-state index contributed by atoms with van der Waals surface area (Å²) in [7, 11) is 0. The zero-order chi connectivity index (χ0) is 12.5. The van der Waals surface area contributed by atoms with E-state index in [1.807, 2.05) is 19.1 Å². The van der Waals surface area contributed by atoms with E-state index in [1.54, 1.807) is 12.1 Å². The van der Waals surface area contributed by atoms with Crippen molar-refractivity contribution in [3.63, 3.8) is 0 Å². The van der Waals surface area contributed by atoms with Crippen molar-refractivity contribution in [3.05, 3.63) is 29.8 Å². The van der Waals surface area contributed by atoms with Crippen molar-refractivity contribution in [1.29, 1.82) is 0 Å².